The number of nitrogens with zero attached hydrogens (tertiary/aromatic N) is 5. The standard InChI is InChI=1S/C22H23N5OS/c1-2-6-17(7-3-1)10-11-20-24-21(28-25-20)16-26-12-14-27(15-13-26)22-23-18-8-4-5-9-19(18)29-22/h1-9H,10-16H2. The van der Waals surface area contributed by atoms with Gasteiger partial charge in [-0.05, 0) is 24.1 Å². The maximum atomic E-state index is 5.48. The molecule has 0 N–H and O–H groups in total. The fraction of sp³-hybridized carbons (Fsp3) is 0.318. The van der Waals surface area contributed by atoms with E-state index in [9.17, 15) is 0 Å². The molecule has 1 aliphatic rings. The molecule has 0 aliphatic carbocycles. The average Bonchev–Trinajstić information content (AvgIpc) is 3.40. The number of para-hydroxylation sites is 1. The van der Waals surface area contributed by atoms with E-state index in [0.29, 0.717) is 12.4 Å². The minimum absolute atomic E-state index is 0.710. The van der Waals surface area contributed by atoms with Gasteiger partial charge in [-0.2, -0.15) is 4.98 Å². The summed E-state index contributed by atoms with van der Waals surface area (Å²) in [4.78, 5) is 14.1. The Morgan fingerprint density at radius 2 is 1.66 bits per heavy atom. The van der Waals surface area contributed by atoms with Gasteiger partial charge in [0.1, 0.15) is 0 Å². The summed E-state index contributed by atoms with van der Waals surface area (Å²) in [5, 5.41) is 5.27. The van der Waals surface area contributed by atoms with Crippen LogP contribution in [0.5, 0.6) is 0 Å². The Bertz CT molecular complexity index is 1040. The van der Waals surface area contributed by atoms with Crippen molar-refractivity contribution in [2.45, 2.75) is 19.4 Å². The van der Waals surface area contributed by atoms with Gasteiger partial charge in [-0.3, -0.25) is 4.90 Å². The van der Waals surface area contributed by atoms with Gasteiger partial charge in [-0.15, -0.1) is 0 Å². The Balaban J connectivity index is 1.13. The number of fused-ring (bicyclic) bond motifs is 1. The summed E-state index contributed by atoms with van der Waals surface area (Å²) < 4.78 is 6.73. The van der Waals surface area contributed by atoms with E-state index in [1.165, 1.54) is 10.3 Å². The van der Waals surface area contributed by atoms with Crippen LogP contribution in [0.25, 0.3) is 10.2 Å². The molecule has 0 saturated carbocycles. The van der Waals surface area contributed by atoms with Crippen LogP contribution >= 0.6 is 11.3 Å². The third kappa shape index (κ3) is 4.31. The van der Waals surface area contributed by atoms with Gasteiger partial charge in [0.25, 0.3) is 0 Å². The molecule has 1 saturated heterocycles. The summed E-state index contributed by atoms with van der Waals surface area (Å²) in [5.41, 5.74) is 2.38. The van der Waals surface area contributed by atoms with E-state index < -0.39 is 0 Å². The second kappa shape index (κ2) is 8.31. The SMILES string of the molecule is c1ccc(CCc2noc(CN3CCN(c4nc5ccccc5s4)CC3)n2)cc1. The lowest BCUT2D eigenvalue weighted by atomic mass is 10.1. The topological polar surface area (TPSA) is 58.3 Å². The third-order valence-electron chi connectivity index (χ3n) is 5.27. The average molecular weight is 406 g/mol. The first-order valence-electron chi connectivity index (χ1n) is 10.0. The number of rotatable bonds is 6. The van der Waals surface area contributed by atoms with Crippen molar-refractivity contribution < 1.29 is 4.52 Å². The predicted molar refractivity (Wildman–Crippen MR) is 115 cm³/mol. The Morgan fingerprint density at radius 3 is 2.48 bits per heavy atom. The number of piperazine rings is 1. The second-order valence-corrected chi connectivity index (χ2v) is 8.33. The number of anilines is 1. The zero-order valence-electron chi connectivity index (χ0n) is 16.2. The van der Waals surface area contributed by atoms with E-state index in [1.807, 2.05) is 12.1 Å². The van der Waals surface area contributed by atoms with Crippen molar-refractivity contribution in [2.24, 2.45) is 0 Å². The van der Waals surface area contributed by atoms with E-state index in [2.05, 4.69) is 62.4 Å². The summed E-state index contributed by atoms with van der Waals surface area (Å²) >= 11 is 1.77. The van der Waals surface area contributed by atoms with Crippen molar-refractivity contribution in [3.05, 3.63) is 71.9 Å². The van der Waals surface area contributed by atoms with Crippen molar-refractivity contribution in [1.82, 2.24) is 20.0 Å². The van der Waals surface area contributed by atoms with Gasteiger partial charge in [-0.25, -0.2) is 4.98 Å². The molecule has 0 unspecified atom stereocenters. The zero-order valence-corrected chi connectivity index (χ0v) is 17.0. The van der Waals surface area contributed by atoms with Crippen LogP contribution < -0.4 is 4.90 Å². The molecule has 0 spiro atoms. The smallest absolute Gasteiger partial charge is 0.240 e. The largest absolute Gasteiger partial charge is 0.345 e. The quantitative estimate of drug-likeness (QED) is 0.486. The Labute approximate surface area is 173 Å². The Hall–Kier alpha value is -2.77. The number of thiazole rings is 1. The lowest BCUT2D eigenvalue weighted by Crippen LogP contribution is -2.46. The molecule has 0 radical (unpaired) electrons. The molecule has 4 aromatic rings. The molecular formula is C22H23N5OS. The van der Waals surface area contributed by atoms with Crippen molar-refractivity contribution in [3.8, 4) is 0 Å². The van der Waals surface area contributed by atoms with E-state index >= 15 is 0 Å². The van der Waals surface area contributed by atoms with Crippen LogP contribution in [0, 0.1) is 0 Å². The molecular weight excluding hydrogens is 382 g/mol. The molecule has 3 heterocycles. The van der Waals surface area contributed by atoms with E-state index in [1.54, 1.807) is 11.3 Å². The van der Waals surface area contributed by atoms with Crippen molar-refractivity contribution in [3.63, 3.8) is 0 Å². The number of aryl methyl sites for hydroxylation is 2. The summed E-state index contributed by atoms with van der Waals surface area (Å²) in [6.07, 6.45) is 1.74. The number of aromatic nitrogens is 3. The first-order valence-corrected chi connectivity index (χ1v) is 10.8. The summed E-state index contributed by atoms with van der Waals surface area (Å²) in [6.45, 7) is 4.59. The molecule has 1 fully saturated rings. The molecule has 7 heteroatoms. The van der Waals surface area contributed by atoms with Gasteiger partial charge in [0.05, 0.1) is 16.8 Å². The Morgan fingerprint density at radius 1 is 0.862 bits per heavy atom. The molecule has 148 valence electrons. The van der Waals surface area contributed by atoms with Crippen molar-refractivity contribution >= 4 is 26.7 Å². The Kier molecular flexibility index (Phi) is 5.23. The van der Waals surface area contributed by atoms with E-state index in [0.717, 1.165) is 55.5 Å². The van der Waals surface area contributed by atoms with Crippen LogP contribution in [0.4, 0.5) is 5.13 Å². The number of hydrogen-bond donors (Lipinski definition) is 0. The summed E-state index contributed by atoms with van der Waals surface area (Å²) in [6, 6.07) is 18.7. The monoisotopic (exact) mass is 405 g/mol. The fourth-order valence-electron chi connectivity index (χ4n) is 3.64. The van der Waals surface area contributed by atoms with Crippen molar-refractivity contribution in [2.75, 3.05) is 31.1 Å². The third-order valence-corrected chi connectivity index (χ3v) is 6.37. The second-order valence-electron chi connectivity index (χ2n) is 7.32. The van der Waals surface area contributed by atoms with Crippen LogP contribution in [0.15, 0.2) is 59.1 Å². The molecule has 0 atom stereocenters. The molecule has 0 bridgehead atoms. The van der Waals surface area contributed by atoms with Crippen LogP contribution in [-0.4, -0.2) is 46.2 Å². The van der Waals surface area contributed by atoms with E-state index in [4.69, 9.17) is 9.51 Å². The molecule has 29 heavy (non-hydrogen) atoms. The number of hydrogen-bond acceptors (Lipinski definition) is 7. The molecule has 2 aromatic heterocycles. The predicted octanol–water partition coefficient (Wildman–Crippen LogP) is 3.79. The molecule has 0 amide bonds. The van der Waals surface area contributed by atoms with Gasteiger partial charge in [0.15, 0.2) is 11.0 Å². The van der Waals surface area contributed by atoms with Gasteiger partial charge in [0, 0.05) is 32.6 Å². The van der Waals surface area contributed by atoms with Crippen LogP contribution in [0.2, 0.25) is 0 Å². The lowest BCUT2D eigenvalue weighted by molar-refractivity contribution is 0.215. The van der Waals surface area contributed by atoms with Crippen LogP contribution in [0.3, 0.4) is 0 Å². The maximum absolute atomic E-state index is 5.48. The number of benzene rings is 2. The minimum atomic E-state index is 0.710. The highest BCUT2D eigenvalue weighted by molar-refractivity contribution is 7.22. The first-order chi connectivity index (χ1) is 14.3. The highest BCUT2D eigenvalue weighted by Gasteiger charge is 2.21. The van der Waals surface area contributed by atoms with Gasteiger partial charge in [0.2, 0.25) is 5.89 Å². The molecule has 2 aromatic carbocycles. The summed E-state index contributed by atoms with van der Waals surface area (Å²) in [5.74, 6) is 1.50. The lowest BCUT2D eigenvalue weighted by Gasteiger charge is -2.33. The normalized spacial score (nSPS) is 15.2. The molecule has 5 rings (SSSR count). The van der Waals surface area contributed by atoms with Gasteiger partial charge < -0.3 is 9.42 Å². The minimum Gasteiger partial charge on any atom is -0.345 e. The van der Waals surface area contributed by atoms with Crippen LogP contribution in [0.1, 0.15) is 17.3 Å². The van der Waals surface area contributed by atoms with Crippen molar-refractivity contribution in [1.29, 1.82) is 0 Å². The van der Waals surface area contributed by atoms with Gasteiger partial charge >= 0.3 is 0 Å². The summed E-state index contributed by atoms with van der Waals surface area (Å²) in [7, 11) is 0. The highest BCUT2D eigenvalue weighted by atomic mass is 32.1. The van der Waals surface area contributed by atoms with E-state index in [-0.39, 0.29) is 0 Å². The fourth-order valence-corrected chi connectivity index (χ4v) is 4.66. The highest BCUT2D eigenvalue weighted by Crippen LogP contribution is 2.29. The van der Waals surface area contributed by atoms with Crippen LogP contribution in [-0.2, 0) is 19.4 Å². The molecule has 6 nitrogen and oxygen atoms in total. The van der Waals surface area contributed by atoms with Gasteiger partial charge in [-0.1, -0.05) is 59.0 Å². The zero-order chi connectivity index (χ0) is 19.5. The maximum Gasteiger partial charge on any atom is 0.240 e. The molecule has 1 aliphatic heterocycles. The first kappa shape index (κ1) is 18.3.